The molecule has 2 rings (SSSR count). The van der Waals surface area contributed by atoms with Gasteiger partial charge in [-0.25, -0.2) is 4.98 Å². The first-order chi connectivity index (χ1) is 7.16. The number of H-pyrrole nitrogens is 1. The van der Waals surface area contributed by atoms with Gasteiger partial charge in [0.25, 0.3) is 5.69 Å². The Balaban J connectivity index is 2.45. The van der Waals surface area contributed by atoms with Crippen molar-refractivity contribution in [3.05, 3.63) is 40.6 Å². The van der Waals surface area contributed by atoms with E-state index in [4.69, 9.17) is 5.73 Å². The molecule has 0 spiro atoms. The summed E-state index contributed by atoms with van der Waals surface area (Å²) in [7, 11) is 0. The average Bonchev–Trinajstić information content (AvgIpc) is 2.65. The van der Waals surface area contributed by atoms with Crippen LogP contribution in [-0.4, -0.2) is 14.9 Å². The van der Waals surface area contributed by atoms with E-state index in [1.54, 1.807) is 12.1 Å². The number of nitrogens with two attached hydrogens (primary N) is 1. The van der Waals surface area contributed by atoms with Crippen molar-refractivity contribution in [1.82, 2.24) is 9.97 Å². The minimum atomic E-state index is -0.441. The fourth-order valence-electron chi connectivity index (χ4n) is 1.27. The van der Waals surface area contributed by atoms with E-state index in [-0.39, 0.29) is 11.6 Å². The van der Waals surface area contributed by atoms with Crippen molar-refractivity contribution in [3.8, 4) is 11.3 Å². The molecule has 0 saturated carbocycles. The number of rotatable bonds is 2. The molecule has 0 fully saturated rings. The SMILES string of the molecule is Nc1ncc(-c2cccc([N+](=O)[O-])c2)[nH]1. The number of hydrogen-bond acceptors (Lipinski definition) is 4. The monoisotopic (exact) mass is 204 g/mol. The fraction of sp³-hybridized carbons (Fsp3) is 0. The number of nitro benzene ring substituents is 1. The number of nitrogens with zero attached hydrogens (tertiary/aromatic N) is 2. The highest BCUT2D eigenvalue weighted by atomic mass is 16.6. The Labute approximate surface area is 84.9 Å². The van der Waals surface area contributed by atoms with Gasteiger partial charge >= 0.3 is 0 Å². The number of aromatic amines is 1. The Morgan fingerprint density at radius 2 is 2.27 bits per heavy atom. The number of nitrogen functional groups attached to an aromatic ring is 1. The van der Waals surface area contributed by atoms with Crippen LogP contribution in [0.2, 0.25) is 0 Å². The van der Waals surface area contributed by atoms with Crippen molar-refractivity contribution in [3.63, 3.8) is 0 Å². The zero-order valence-electron chi connectivity index (χ0n) is 7.68. The fourth-order valence-corrected chi connectivity index (χ4v) is 1.27. The minimum absolute atomic E-state index is 0.0423. The van der Waals surface area contributed by atoms with E-state index < -0.39 is 4.92 Å². The Morgan fingerprint density at radius 1 is 1.47 bits per heavy atom. The molecular weight excluding hydrogens is 196 g/mol. The molecule has 0 aliphatic carbocycles. The number of anilines is 1. The first-order valence-electron chi connectivity index (χ1n) is 4.22. The van der Waals surface area contributed by atoms with Crippen molar-refractivity contribution < 1.29 is 4.92 Å². The van der Waals surface area contributed by atoms with Gasteiger partial charge in [-0.3, -0.25) is 10.1 Å². The molecule has 1 aromatic carbocycles. The van der Waals surface area contributed by atoms with Gasteiger partial charge in [-0.05, 0) is 0 Å². The summed E-state index contributed by atoms with van der Waals surface area (Å²) < 4.78 is 0. The Morgan fingerprint density at radius 3 is 2.87 bits per heavy atom. The summed E-state index contributed by atoms with van der Waals surface area (Å²) in [5, 5.41) is 10.5. The number of nitro groups is 1. The summed E-state index contributed by atoms with van der Waals surface area (Å²) in [4.78, 5) is 16.7. The van der Waals surface area contributed by atoms with Crippen molar-refractivity contribution in [1.29, 1.82) is 0 Å². The largest absolute Gasteiger partial charge is 0.369 e. The molecule has 0 bridgehead atoms. The second kappa shape index (κ2) is 3.41. The maximum atomic E-state index is 10.5. The van der Waals surface area contributed by atoms with E-state index in [2.05, 4.69) is 9.97 Å². The van der Waals surface area contributed by atoms with Crippen LogP contribution in [0.25, 0.3) is 11.3 Å². The molecule has 0 saturated heterocycles. The van der Waals surface area contributed by atoms with Crippen LogP contribution in [0, 0.1) is 10.1 Å². The van der Waals surface area contributed by atoms with Crippen molar-refractivity contribution in [2.24, 2.45) is 0 Å². The molecule has 6 nitrogen and oxygen atoms in total. The van der Waals surface area contributed by atoms with Gasteiger partial charge in [0.2, 0.25) is 0 Å². The lowest BCUT2D eigenvalue weighted by Gasteiger charge is -1.96. The zero-order chi connectivity index (χ0) is 10.8. The lowest BCUT2D eigenvalue weighted by atomic mass is 10.1. The minimum Gasteiger partial charge on any atom is -0.369 e. The first kappa shape index (κ1) is 9.20. The highest BCUT2D eigenvalue weighted by Crippen LogP contribution is 2.22. The quantitative estimate of drug-likeness (QED) is 0.572. The van der Waals surface area contributed by atoms with Crippen molar-refractivity contribution in [2.75, 3.05) is 5.73 Å². The van der Waals surface area contributed by atoms with Crippen LogP contribution < -0.4 is 5.73 Å². The average molecular weight is 204 g/mol. The van der Waals surface area contributed by atoms with Crippen LogP contribution in [0.3, 0.4) is 0 Å². The highest BCUT2D eigenvalue weighted by Gasteiger charge is 2.08. The van der Waals surface area contributed by atoms with Crippen LogP contribution in [0.1, 0.15) is 0 Å². The van der Waals surface area contributed by atoms with Gasteiger partial charge < -0.3 is 10.7 Å². The van der Waals surface area contributed by atoms with Gasteiger partial charge in [0.1, 0.15) is 0 Å². The molecule has 0 radical (unpaired) electrons. The number of benzene rings is 1. The van der Waals surface area contributed by atoms with E-state index in [1.807, 2.05) is 0 Å². The maximum Gasteiger partial charge on any atom is 0.270 e. The Hall–Kier alpha value is -2.37. The standard InChI is InChI=1S/C9H8N4O2/c10-9-11-5-8(12-9)6-2-1-3-7(4-6)13(14)15/h1-5H,(H3,10,11,12). The van der Waals surface area contributed by atoms with Crippen LogP contribution >= 0.6 is 0 Å². The van der Waals surface area contributed by atoms with E-state index in [9.17, 15) is 10.1 Å². The summed E-state index contributed by atoms with van der Waals surface area (Å²) in [5.41, 5.74) is 6.81. The summed E-state index contributed by atoms with van der Waals surface area (Å²) in [6.07, 6.45) is 1.54. The van der Waals surface area contributed by atoms with E-state index in [0.29, 0.717) is 11.3 Å². The third-order valence-corrected chi connectivity index (χ3v) is 1.96. The lowest BCUT2D eigenvalue weighted by Crippen LogP contribution is -1.88. The second-order valence-corrected chi connectivity index (χ2v) is 2.99. The van der Waals surface area contributed by atoms with Crippen LogP contribution in [0.15, 0.2) is 30.5 Å². The predicted octanol–water partition coefficient (Wildman–Crippen LogP) is 1.57. The summed E-state index contributed by atoms with van der Waals surface area (Å²) in [5.74, 6) is 0.288. The number of aromatic nitrogens is 2. The molecule has 76 valence electrons. The van der Waals surface area contributed by atoms with Gasteiger partial charge in [0.15, 0.2) is 5.95 Å². The van der Waals surface area contributed by atoms with Gasteiger partial charge in [0, 0.05) is 17.7 Å². The van der Waals surface area contributed by atoms with Gasteiger partial charge in [0.05, 0.1) is 16.8 Å². The maximum absolute atomic E-state index is 10.5. The number of non-ortho nitro benzene ring substituents is 1. The van der Waals surface area contributed by atoms with Gasteiger partial charge in [-0.2, -0.15) is 0 Å². The Kier molecular flexibility index (Phi) is 2.09. The molecule has 1 aromatic heterocycles. The zero-order valence-corrected chi connectivity index (χ0v) is 7.68. The predicted molar refractivity (Wildman–Crippen MR) is 55.1 cm³/mol. The molecule has 0 unspecified atom stereocenters. The molecule has 6 heteroatoms. The third kappa shape index (κ3) is 1.78. The molecule has 2 aromatic rings. The molecule has 15 heavy (non-hydrogen) atoms. The highest BCUT2D eigenvalue weighted by molar-refractivity contribution is 5.63. The lowest BCUT2D eigenvalue weighted by molar-refractivity contribution is -0.384. The molecule has 3 N–H and O–H groups in total. The molecule has 0 atom stereocenters. The number of imidazole rings is 1. The number of nitrogens with one attached hydrogen (secondary N) is 1. The Bertz CT molecular complexity index is 506. The molecule has 0 amide bonds. The molecule has 1 heterocycles. The van der Waals surface area contributed by atoms with E-state index in [0.717, 1.165) is 0 Å². The topological polar surface area (TPSA) is 97.8 Å². The summed E-state index contributed by atoms with van der Waals surface area (Å²) in [6.45, 7) is 0. The second-order valence-electron chi connectivity index (χ2n) is 2.99. The van der Waals surface area contributed by atoms with E-state index >= 15 is 0 Å². The van der Waals surface area contributed by atoms with Crippen LogP contribution in [0.5, 0.6) is 0 Å². The van der Waals surface area contributed by atoms with Gasteiger partial charge in [-0.15, -0.1) is 0 Å². The summed E-state index contributed by atoms with van der Waals surface area (Å²) in [6, 6.07) is 6.26. The molecule has 0 aliphatic rings. The normalized spacial score (nSPS) is 10.1. The van der Waals surface area contributed by atoms with Crippen molar-refractivity contribution >= 4 is 11.6 Å². The van der Waals surface area contributed by atoms with Gasteiger partial charge in [-0.1, -0.05) is 12.1 Å². The first-order valence-corrected chi connectivity index (χ1v) is 4.22. The smallest absolute Gasteiger partial charge is 0.270 e. The molecular formula is C9H8N4O2. The van der Waals surface area contributed by atoms with Crippen molar-refractivity contribution in [2.45, 2.75) is 0 Å². The summed E-state index contributed by atoms with van der Waals surface area (Å²) >= 11 is 0. The van der Waals surface area contributed by atoms with E-state index in [1.165, 1.54) is 18.3 Å². The third-order valence-electron chi connectivity index (χ3n) is 1.96. The van der Waals surface area contributed by atoms with Crippen LogP contribution in [-0.2, 0) is 0 Å². The molecule has 0 aliphatic heterocycles. The number of hydrogen-bond donors (Lipinski definition) is 2. The van der Waals surface area contributed by atoms with Crippen LogP contribution in [0.4, 0.5) is 11.6 Å².